The molecule has 6 heteroatoms. The Kier molecular flexibility index (Phi) is 5.09. The van der Waals surface area contributed by atoms with E-state index in [9.17, 15) is 13.0 Å². The maximum absolute atomic E-state index is 10.5. The number of aromatic hydroxyl groups is 1. The van der Waals surface area contributed by atoms with E-state index >= 15 is 0 Å². The molecule has 0 amide bonds. The largest absolute Gasteiger partial charge is 1.00 e. The van der Waals surface area contributed by atoms with Crippen molar-refractivity contribution >= 4 is 10.1 Å². The van der Waals surface area contributed by atoms with E-state index in [1.165, 1.54) is 19.1 Å². The molecule has 0 saturated carbocycles. The average molecular weight is 226 g/mol. The predicted molar refractivity (Wildman–Crippen MR) is 40.8 cm³/mol. The fourth-order valence-electron chi connectivity index (χ4n) is 0.874. The first-order valence-electron chi connectivity index (χ1n) is 3.17. The molecule has 0 aliphatic rings. The maximum atomic E-state index is 10.5. The number of hydrogen-bond donors (Lipinski definition) is 1. The van der Waals surface area contributed by atoms with Crippen molar-refractivity contribution in [1.82, 2.24) is 0 Å². The summed E-state index contributed by atoms with van der Waals surface area (Å²) in [5.41, 5.74) is 0.0903. The van der Waals surface area contributed by atoms with Crippen molar-refractivity contribution in [2.45, 2.75) is 11.8 Å². The van der Waals surface area contributed by atoms with E-state index in [1.54, 1.807) is 0 Å². The van der Waals surface area contributed by atoms with Gasteiger partial charge in [0.15, 0.2) is 0 Å². The molecule has 0 atom stereocenters. The summed E-state index contributed by atoms with van der Waals surface area (Å²) in [6.45, 7) is 1.38. The van der Waals surface area contributed by atoms with Gasteiger partial charge in [0.2, 0.25) is 0 Å². The van der Waals surface area contributed by atoms with Crippen molar-refractivity contribution in [3.05, 3.63) is 23.8 Å². The van der Waals surface area contributed by atoms with Crippen LogP contribution in [-0.4, -0.2) is 18.1 Å². The summed E-state index contributed by atoms with van der Waals surface area (Å²) >= 11 is 0. The molecule has 0 unspecified atom stereocenters. The normalized spacial score (nSPS) is 10.6. The standard InChI is InChI=1S/C7H8O4S.K/c1-5-6(8)3-2-4-7(5)12(9,10)11;/h2-4,8H,1H3,(H,9,10,11);/q;+1/p-1. The SMILES string of the molecule is Cc1c(O)cccc1S(=O)(=O)[O-].[K+]. The van der Waals surface area contributed by atoms with Crippen LogP contribution in [0.2, 0.25) is 0 Å². The first kappa shape index (κ1) is 13.6. The van der Waals surface area contributed by atoms with Crippen LogP contribution < -0.4 is 51.4 Å². The molecule has 13 heavy (non-hydrogen) atoms. The topological polar surface area (TPSA) is 77.4 Å². The van der Waals surface area contributed by atoms with Gasteiger partial charge in [-0.25, -0.2) is 8.42 Å². The fourth-order valence-corrected chi connectivity index (χ4v) is 1.60. The first-order valence-corrected chi connectivity index (χ1v) is 4.58. The smallest absolute Gasteiger partial charge is 0.744 e. The van der Waals surface area contributed by atoms with Crippen molar-refractivity contribution in [3.63, 3.8) is 0 Å². The minimum atomic E-state index is -4.47. The fraction of sp³-hybridized carbons (Fsp3) is 0.143. The van der Waals surface area contributed by atoms with Crippen LogP contribution in [0, 0.1) is 6.92 Å². The molecule has 0 aromatic heterocycles. The number of benzene rings is 1. The van der Waals surface area contributed by atoms with E-state index in [4.69, 9.17) is 5.11 Å². The van der Waals surface area contributed by atoms with Crippen LogP contribution >= 0.6 is 0 Å². The predicted octanol–water partition coefficient (Wildman–Crippen LogP) is -2.39. The van der Waals surface area contributed by atoms with Crippen LogP contribution in [-0.2, 0) is 10.1 Å². The Bertz CT molecular complexity index is 399. The molecule has 0 aliphatic heterocycles. The zero-order chi connectivity index (χ0) is 9.35. The van der Waals surface area contributed by atoms with E-state index in [0.717, 1.165) is 6.07 Å². The second-order valence-corrected chi connectivity index (χ2v) is 3.70. The summed E-state index contributed by atoms with van der Waals surface area (Å²) in [6, 6.07) is 3.80. The third-order valence-corrected chi connectivity index (χ3v) is 2.51. The van der Waals surface area contributed by atoms with Crippen LogP contribution in [0.3, 0.4) is 0 Å². The Balaban J connectivity index is 0.00000144. The quantitative estimate of drug-likeness (QED) is 0.428. The molecule has 1 aromatic carbocycles. The Morgan fingerprint density at radius 1 is 1.38 bits per heavy atom. The van der Waals surface area contributed by atoms with Crippen molar-refractivity contribution < 1.29 is 69.5 Å². The number of hydrogen-bond acceptors (Lipinski definition) is 4. The monoisotopic (exact) mass is 226 g/mol. The number of phenolic OH excluding ortho intramolecular Hbond substituents is 1. The van der Waals surface area contributed by atoms with Gasteiger partial charge in [-0.15, -0.1) is 0 Å². The third-order valence-electron chi connectivity index (χ3n) is 1.52. The molecule has 0 fully saturated rings. The number of rotatable bonds is 1. The van der Waals surface area contributed by atoms with E-state index in [1.807, 2.05) is 0 Å². The van der Waals surface area contributed by atoms with Gasteiger partial charge < -0.3 is 9.66 Å². The molecule has 1 N–H and O–H groups in total. The van der Waals surface area contributed by atoms with Crippen molar-refractivity contribution in [3.8, 4) is 5.75 Å². The summed E-state index contributed by atoms with van der Waals surface area (Å²) in [6.07, 6.45) is 0. The van der Waals surface area contributed by atoms with Gasteiger partial charge in [-0.2, -0.15) is 0 Å². The van der Waals surface area contributed by atoms with Gasteiger partial charge in [0.1, 0.15) is 15.9 Å². The van der Waals surface area contributed by atoms with Gasteiger partial charge in [-0.05, 0) is 19.1 Å². The second kappa shape index (κ2) is 4.88. The molecule has 0 bridgehead atoms. The van der Waals surface area contributed by atoms with Gasteiger partial charge in [0.05, 0.1) is 4.90 Å². The van der Waals surface area contributed by atoms with Crippen LogP contribution in [0.4, 0.5) is 0 Å². The summed E-state index contributed by atoms with van der Waals surface area (Å²) < 4.78 is 31.6. The maximum Gasteiger partial charge on any atom is 1.00 e. The molecule has 0 aliphatic carbocycles. The van der Waals surface area contributed by atoms with E-state index in [-0.39, 0.29) is 67.6 Å². The van der Waals surface area contributed by atoms with Crippen LogP contribution in [0.5, 0.6) is 5.75 Å². The first-order chi connectivity index (χ1) is 5.43. The Hall–Kier alpha value is 0.566. The average Bonchev–Trinajstić information content (AvgIpc) is 1.92. The molecule has 0 spiro atoms. The summed E-state index contributed by atoms with van der Waals surface area (Å²) in [5, 5.41) is 9.06. The molecular weight excluding hydrogens is 219 g/mol. The molecule has 1 rings (SSSR count). The molecule has 1 aromatic rings. The molecular formula is C7H7KO4S. The van der Waals surface area contributed by atoms with Crippen molar-refractivity contribution in [2.24, 2.45) is 0 Å². The van der Waals surface area contributed by atoms with Gasteiger partial charge >= 0.3 is 51.4 Å². The zero-order valence-corrected chi connectivity index (χ0v) is 11.3. The Labute approximate surface area is 119 Å². The minimum absolute atomic E-state index is 0. The summed E-state index contributed by atoms with van der Waals surface area (Å²) in [5.74, 6) is -0.188. The van der Waals surface area contributed by atoms with Gasteiger partial charge in [-0.3, -0.25) is 0 Å². The van der Waals surface area contributed by atoms with Gasteiger partial charge in [-0.1, -0.05) is 6.07 Å². The Morgan fingerprint density at radius 3 is 2.31 bits per heavy atom. The van der Waals surface area contributed by atoms with E-state index in [0.29, 0.717) is 0 Å². The number of phenols is 1. The molecule has 0 saturated heterocycles. The molecule has 66 valence electrons. The molecule has 4 nitrogen and oxygen atoms in total. The van der Waals surface area contributed by atoms with Crippen LogP contribution in [0.1, 0.15) is 5.56 Å². The molecule has 0 heterocycles. The van der Waals surface area contributed by atoms with E-state index in [2.05, 4.69) is 0 Å². The van der Waals surface area contributed by atoms with Gasteiger partial charge in [0, 0.05) is 5.56 Å². The van der Waals surface area contributed by atoms with Crippen LogP contribution in [0.15, 0.2) is 23.1 Å². The zero-order valence-electron chi connectivity index (χ0n) is 7.31. The minimum Gasteiger partial charge on any atom is -0.744 e. The third kappa shape index (κ3) is 3.32. The van der Waals surface area contributed by atoms with Gasteiger partial charge in [0.25, 0.3) is 0 Å². The van der Waals surface area contributed by atoms with Crippen molar-refractivity contribution in [2.75, 3.05) is 0 Å². The van der Waals surface area contributed by atoms with Crippen LogP contribution in [0.25, 0.3) is 0 Å². The summed E-state index contributed by atoms with van der Waals surface area (Å²) in [4.78, 5) is -0.373. The summed E-state index contributed by atoms with van der Waals surface area (Å²) in [7, 11) is -4.47. The van der Waals surface area contributed by atoms with Crippen molar-refractivity contribution in [1.29, 1.82) is 0 Å². The second-order valence-electron chi connectivity index (χ2n) is 2.35. The van der Waals surface area contributed by atoms with E-state index < -0.39 is 10.1 Å². The molecule has 0 radical (unpaired) electrons. The Morgan fingerprint density at radius 2 is 1.92 bits per heavy atom.